The Balaban J connectivity index is 1.73. The number of nitrogen functional groups attached to an aromatic ring is 1. The van der Waals surface area contributed by atoms with Crippen molar-refractivity contribution in [3.05, 3.63) is 0 Å². The number of aliphatic hydroxyl groups is 1. The largest absolute Gasteiger partial charge is 0.393 e. The lowest BCUT2D eigenvalue weighted by atomic mass is 9.90. The molecule has 2 aliphatic rings. The van der Waals surface area contributed by atoms with E-state index >= 15 is 0 Å². The number of hydrogen-bond donors (Lipinski definition) is 3. The molecule has 1 aromatic heterocycles. The highest BCUT2D eigenvalue weighted by Gasteiger charge is 2.28. The Morgan fingerprint density at radius 3 is 2.56 bits per heavy atom. The van der Waals surface area contributed by atoms with Gasteiger partial charge in [0, 0.05) is 19.1 Å². The van der Waals surface area contributed by atoms with Crippen molar-refractivity contribution in [1.82, 2.24) is 15.0 Å². The summed E-state index contributed by atoms with van der Waals surface area (Å²) in [6, 6.07) is 0.244. The van der Waals surface area contributed by atoms with Crippen molar-refractivity contribution in [2.75, 3.05) is 29.0 Å². The van der Waals surface area contributed by atoms with Crippen LogP contribution in [0.25, 0.3) is 0 Å². The molecule has 2 fully saturated rings. The van der Waals surface area contributed by atoms with Gasteiger partial charge in [0.15, 0.2) is 0 Å². The topological polar surface area (TPSA) is 100 Å². The molecule has 0 aromatic carbocycles. The molecule has 2 heterocycles. The van der Waals surface area contributed by atoms with E-state index in [1.807, 2.05) is 0 Å². The molecule has 0 amide bonds. The molecule has 7 nitrogen and oxygen atoms in total. The fourth-order valence-corrected chi connectivity index (χ4v) is 2.39. The smallest absolute Gasteiger partial charge is 0.231 e. The zero-order chi connectivity index (χ0) is 12.5. The molecule has 1 saturated heterocycles. The van der Waals surface area contributed by atoms with E-state index in [-0.39, 0.29) is 18.1 Å². The van der Waals surface area contributed by atoms with Gasteiger partial charge in [-0.05, 0) is 25.7 Å². The van der Waals surface area contributed by atoms with Crippen LogP contribution in [-0.2, 0) is 0 Å². The summed E-state index contributed by atoms with van der Waals surface area (Å²) in [5.41, 5.74) is 5.71. The van der Waals surface area contributed by atoms with Crippen molar-refractivity contribution in [1.29, 1.82) is 0 Å². The third kappa shape index (κ3) is 2.31. The van der Waals surface area contributed by atoms with Crippen LogP contribution >= 0.6 is 0 Å². The summed E-state index contributed by atoms with van der Waals surface area (Å²) in [5.74, 6) is 1.41. The lowest BCUT2D eigenvalue weighted by Crippen LogP contribution is -2.39. The van der Waals surface area contributed by atoms with Gasteiger partial charge in [0.2, 0.25) is 17.8 Å². The van der Waals surface area contributed by atoms with Crippen molar-refractivity contribution in [2.45, 2.75) is 37.8 Å². The van der Waals surface area contributed by atoms with Gasteiger partial charge < -0.3 is 21.1 Å². The Hall–Kier alpha value is -1.63. The van der Waals surface area contributed by atoms with Crippen LogP contribution in [0, 0.1) is 0 Å². The number of rotatable bonds is 3. The van der Waals surface area contributed by atoms with Crippen LogP contribution in [0.15, 0.2) is 0 Å². The molecule has 1 aliphatic heterocycles. The number of hydrogen-bond acceptors (Lipinski definition) is 7. The Morgan fingerprint density at radius 1 is 1.17 bits per heavy atom. The highest BCUT2D eigenvalue weighted by Crippen LogP contribution is 2.24. The predicted molar refractivity (Wildman–Crippen MR) is 68.3 cm³/mol. The van der Waals surface area contributed by atoms with Gasteiger partial charge in [0.25, 0.3) is 0 Å². The third-order valence-electron chi connectivity index (χ3n) is 3.48. The molecule has 0 unspecified atom stereocenters. The predicted octanol–water partition coefficient (Wildman–Crippen LogP) is -0.0108. The molecule has 4 N–H and O–H groups in total. The lowest BCUT2D eigenvalue weighted by Gasteiger charge is -2.32. The first-order valence-corrected chi connectivity index (χ1v) is 6.42. The monoisotopic (exact) mass is 250 g/mol. The van der Waals surface area contributed by atoms with Gasteiger partial charge in [-0.1, -0.05) is 0 Å². The maximum Gasteiger partial charge on any atom is 0.231 e. The second kappa shape index (κ2) is 4.56. The number of anilines is 3. The van der Waals surface area contributed by atoms with Gasteiger partial charge in [-0.15, -0.1) is 0 Å². The van der Waals surface area contributed by atoms with Gasteiger partial charge in [-0.2, -0.15) is 15.0 Å². The highest BCUT2D eigenvalue weighted by atomic mass is 16.3. The second-order valence-corrected chi connectivity index (χ2v) is 4.98. The van der Waals surface area contributed by atoms with Crippen molar-refractivity contribution in [2.24, 2.45) is 0 Å². The van der Waals surface area contributed by atoms with Gasteiger partial charge in [-0.3, -0.25) is 0 Å². The van der Waals surface area contributed by atoms with Crippen LogP contribution in [0.4, 0.5) is 17.8 Å². The molecule has 1 aliphatic carbocycles. The Labute approximate surface area is 105 Å². The summed E-state index contributed by atoms with van der Waals surface area (Å²) in [6.45, 7) is 1.95. The Morgan fingerprint density at radius 2 is 1.89 bits per heavy atom. The van der Waals surface area contributed by atoms with Crippen molar-refractivity contribution in [3.8, 4) is 0 Å². The zero-order valence-electron chi connectivity index (χ0n) is 10.2. The molecular formula is C11H18N6O. The van der Waals surface area contributed by atoms with Crippen LogP contribution in [0.2, 0.25) is 0 Å². The molecule has 3 rings (SSSR count). The van der Waals surface area contributed by atoms with E-state index in [4.69, 9.17) is 5.73 Å². The van der Waals surface area contributed by atoms with Crippen molar-refractivity contribution in [3.63, 3.8) is 0 Å². The van der Waals surface area contributed by atoms with Crippen LogP contribution in [0.1, 0.15) is 25.7 Å². The molecule has 0 bridgehead atoms. The molecule has 0 atom stereocenters. The van der Waals surface area contributed by atoms with Gasteiger partial charge >= 0.3 is 0 Å². The molecule has 0 radical (unpaired) electrons. The number of nitrogens with two attached hydrogens (primary N) is 1. The minimum absolute atomic E-state index is 0.195. The van der Waals surface area contributed by atoms with Crippen molar-refractivity contribution >= 4 is 17.8 Å². The minimum atomic E-state index is -0.195. The molecule has 7 heteroatoms. The van der Waals surface area contributed by atoms with E-state index in [0.29, 0.717) is 11.9 Å². The number of aliphatic hydroxyl groups excluding tert-OH is 1. The zero-order valence-corrected chi connectivity index (χ0v) is 10.2. The van der Waals surface area contributed by atoms with Crippen LogP contribution < -0.4 is 16.0 Å². The van der Waals surface area contributed by atoms with E-state index in [1.165, 1.54) is 12.8 Å². The van der Waals surface area contributed by atoms with Crippen LogP contribution in [0.3, 0.4) is 0 Å². The van der Waals surface area contributed by atoms with Crippen LogP contribution in [0.5, 0.6) is 0 Å². The molecule has 1 aromatic rings. The number of nitrogens with zero attached hydrogens (tertiary/aromatic N) is 4. The second-order valence-electron chi connectivity index (χ2n) is 4.98. The number of aromatic nitrogens is 3. The summed E-state index contributed by atoms with van der Waals surface area (Å²) in [7, 11) is 0. The summed E-state index contributed by atoms with van der Waals surface area (Å²) >= 11 is 0. The quantitative estimate of drug-likeness (QED) is 0.693. The van der Waals surface area contributed by atoms with Gasteiger partial charge in [0.05, 0.1) is 6.10 Å². The molecule has 1 saturated carbocycles. The van der Waals surface area contributed by atoms with Crippen LogP contribution in [-0.4, -0.2) is 45.3 Å². The van der Waals surface area contributed by atoms with E-state index in [1.54, 1.807) is 0 Å². The highest BCUT2D eigenvalue weighted by molar-refractivity contribution is 5.43. The molecular weight excluding hydrogens is 232 g/mol. The maximum atomic E-state index is 9.25. The summed E-state index contributed by atoms with van der Waals surface area (Å²) in [6.07, 6.45) is 3.63. The average Bonchev–Trinajstić information content (AvgIpc) is 2.79. The summed E-state index contributed by atoms with van der Waals surface area (Å²) in [5, 5.41) is 12.4. The molecule has 98 valence electrons. The first-order valence-electron chi connectivity index (χ1n) is 6.42. The summed E-state index contributed by atoms with van der Waals surface area (Å²) < 4.78 is 0. The van der Waals surface area contributed by atoms with E-state index in [9.17, 15) is 5.11 Å². The molecule has 18 heavy (non-hydrogen) atoms. The Bertz CT molecular complexity index is 428. The first kappa shape index (κ1) is 11.5. The third-order valence-corrected chi connectivity index (χ3v) is 3.48. The van der Waals surface area contributed by atoms with E-state index in [2.05, 4.69) is 25.2 Å². The SMILES string of the molecule is Nc1nc(NC2CC(O)C2)nc(N2CCCC2)n1. The normalized spacial score (nSPS) is 27.1. The lowest BCUT2D eigenvalue weighted by molar-refractivity contribution is 0.0834. The van der Waals surface area contributed by atoms with Gasteiger partial charge in [-0.25, -0.2) is 0 Å². The van der Waals surface area contributed by atoms with E-state index < -0.39 is 0 Å². The maximum absolute atomic E-state index is 9.25. The van der Waals surface area contributed by atoms with E-state index in [0.717, 1.165) is 25.9 Å². The fourth-order valence-electron chi connectivity index (χ4n) is 2.39. The first-order chi connectivity index (χ1) is 8.70. The fraction of sp³-hybridized carbons (Fsp3) is 0.727. The summed E-state index contributed by atoms with van der Waals surface area (Å²) in [4.78, 5) is 14.8. The molecule has 0 spiro atoms. The van der Waals surface area contributed by atoms with Gasteiger partial charge in [0.1, 0.15) is 0 Å². The number of nitrogens with one attached hydrogen (secondary N) is 1. The minimum Gasteiger partial charge on any atom is -0.393 e. The standard InChI is InChI=1S/C11H18N6O/c12-9-14-10(13-7-5-8(18)6-7)16-11(15-9)17-3-1-2-4-17/h7-8,18H,1-6H2,(H3,12,13,14,15,16). The Kier molecular flexibility index (Phi) is 2.91. The average molecular weight is 250 g/mol. The van der Waals surface area contributed by atoms with Crippen molar-refractivity contribution < 1.29 is 5.11 Å².